The van der Waals surface area contributed by atoms with Crippen LogP contribution in [-0.2, 0) is 17.6 Å². The normalized spacial score (nSPS) is 23.9. The topological polar surface area (TPSA) is 46.3 Å². The average molecular weight is 230 g/mol. The highest BCUT2D eigenvalue weighted by Gasteiger charge is 2.30. The fraction of sp³-hybridized carbons (Fsp3) is 0.500. The number of hydrogen-bond donors (Lipinski definition) is 1. The minimum atomic E-state index is 0.00180. The van der Waals surface area contributed by atoms with Crippen molar-refractivity contribution in [2.75, 3.05) is 11.4 Å². The molecule has 2 N–H and O–H groups in total. The number of nitrogens with zero attached hydrogens (tertiary/aromatic N) is 1. The zero-order valence-corrected chi connectivity index (χ0v) is 9.98. The van der Waals surface area contributed by atoms with Gasteiger partial charge in [0.15, 0.2) is 0 Å². The Bertz CT molecular complexity index is 456. The molecule has 0 radical (unpaired) electrons. The number of rotatable bonds is 1. The van der Waals surface area contributed by atoms with E-state index in [1.165, 1.54) is 24.0 Å². The molecule has 90 valence electrons. The van der Waals surface area contributed by atoms with Crippen LogP contribution in [0.4, 0.5) is 5.69 Å². The number of aryl methyl sites for hydroxylation is 1. The molecule has 17 heavy (non-hydrogen) atoms. The lowest BCUT2D eigenvalue weighted by Gasteiger charge is -2.25. The second kappa shape index (κ2) is 4.15. The van der Waals surface area contributed by atoms with Crippen molar-refractivity contribution in [3.8, 4) is 0 Å². The molecule has 0 spiro atoms. The summed E-state index contributed by atoms with van der Waals surface area (Å²) < 4.78 is 0. The summed E-state index contributed by atoms with van der Waals surface area (Å²) in [7, 11) is 0. The van der Waals surface area contributed by atoms with Crippen molar-refractivity contribution in [1.29, 1.82) is 0 Å². The van der Waals surface area contributed by atoms with Crippen LogP contribution >= 0.6 is 0 Å². The monoisotopic (exact) mass is 230 g/mol. The molecule has 1 aliphatic carbocycles. The summed E-state index contributed by atoms with van der Waals surface area (Å²) >= 11 is 0. The lowest BCUT2D eigenvalue weighted by molar-refractivity contribution is -0.117. The van der Waals surface area contributed by atoms with Crippen LogP contribution in [0.5, 0.6) is 0 Å². The van der Waals surface area contributed by atoms with Crippen LogP contribution in [0.3, 0.4) is 0 Å². The van der Waals surface area contributed by atoms with Crippen molar-refractivity contribution in [2.24, 2.45) is 5.73 Å². The zero-order valence-electron chi connectivity index (χ0n) is 9.98. The van der Waals surface area contributed by atoms with E-state index in [1.807, 2.05) is 4.90 Å². The maximum absolute atomic E-state index is 11.9. The van der Waals surface area contributed by atoms with Gasteiger partial charge in [0.05, 0.1) is 0 Å². The number of anilines is 1. The minimum Gasteiger partial charge on any atom is -0.326 e. The van der Waals surface area contributed by atoms with Crippen LogP contribution < -0.4 is 10.6 Å². The Labute approximate surface area is 102 Å². The van der Waals surface area contributed by atoms with Crippen molar-refractivity contribution in [1.82, 2.24) is 0 Å². The molecule has 1 aliphatic heterocycles. The van der Waals surface area contributed by atoms with Crippen LogP contribution in [0.1, 0.15) is 30.4 Å². The first-order valence-electron chi connectivity index (χ1n) is 6.42. The van der Waals surface area contributed by atoms with Gasteiger partial charge in [0.25, 0.3) is 0 Å². The maximum Gasteiger partial charge on any atom is 0.228 e. The first-order valence-corrected chi connectivity index (χ1v) is 6.42. The molecule has 3 nitrogen and oxygen atoms in total. The molecule has 0 aromatic heterocycles. The number of carbonyl (C=O) groups is 1. The van der Waals surface area contributed by atoms with E-state index in [-0.39, 0.29) is 11.9 Å². The van der Waals surface area contributed by atoms with Gasteiger partial charge in [-0.25, -0.2) is 0 Å². The number of fused-ring (bicyclic) bond motifs is 1. The first-order chi connectivity index (χ1) is 8.25. The third-order valence-corrected chi connectivity index (χ3v) is 3.82. The lowest BCUT2D eigenvalue weighted by Crippen LogP contribution is -2.29. The highest BCUT2D eigenvalue weighted by atomic mass is 16.2. The predicted molar refractivity (Wildman–Crippen MR) is 68.0 cm³/mol. The van der Waals surface area contributed by atoms with Crippen molar-refractivity contribution in [3.63, 3.8) is 0 Å². The van der Waals surface area contributed by atoms with Gasteiger partial charge in [-0.1, -0.05) is 12.1 Å². The summed E-state index contributed by atoms with van der Waals surface area (Å²) in [6.07, 6.45) is 5.24. The van der Waals surface area contributed by atoms with Gasteiger partial charge >= 0.3 is 0 Å². The summed E-state index contributed by atoms with van der Waals surface area (Å²) in [5.74, 6) is 0.177. The van der Waals surface area contributed by atoms with Crippen LogP contribution in [0.25, 0.3) is 0 Å². The van der Waals surface area contributed by atoms with Crippen molar-refractivity contribution >= 4 is 11.6 Å². The van der Waals surface area contributed by atoms with Gasteiger partial charge in [0.2, 0.25) is 5.91 Å². The molecule has 1 heterocycles. The molecule has 0 bridgehead atoms. The van der Waals surface area contributed by atoms with Crippen molar-refractivity contribution in [3.05, 3.63) is 29.3 Å². The summed E-state index contributed by atoms with van der Waals surface area (Å²) in [6, 6.07) is 6.33. The quantitative estimate of drug-likeness (QED) is 0.797. The number of carbonyl (C=O) groups excluding carboxylic acids is 1. The molecule has 1 fully saturated rings. The van der Waals surface area contributed by atoms with Gasteiger partial charge in [0, 0.05) is 24.7 Å². The Morgan fingerprint density at radius 2 is 2.06 bits per heavy atom. The van der Waals surface area contributed by atoms with Crippen LogP contribution in [0.15, 0.2) is 18.2 Å². The number of amides is 1. The first kappa shape index (κ1) is 10.8. The Morgan fingerprint density at radius 3 is 2.82 bits per heavy atom. The molecule has 1 aromatic carbocycles. The molecule has 1 unspecified atom stereocenters. The fourth-order valence-electron chi connectivity index (χ4n) is 2.98. The van der Waals surface area contributed by atoms with Crippen molar-refractivity contribution in [2.45, 2.75) is 38.1 Å². The van der Waals surface area contributed by atoms with E-state index < -0.39 is 0 Å². The molecule has 0 saturated carbocycles. The zero-order chi connectivity index (χ0) is 11.8. The van der Waals surface area contributed by atoms with E-state index in [9.17, 15) is 4.79 Å². The van der Waals surface area contributed by atoms with Gasteiger partial charge in [-0.15, -0.1) is 0 Å². The Kier molecular flexibility index (Phi) is 2.63. The SMILES string of the molecule is NC1CC(=O)N(c2cccc3c2CCCC3)C1. The molecule has 3 heteroatoms. The average Bonchev–Trinajstić information content (AvgIpc) is 2.68. The smallest absolute Gasteiger partial charge is 0.228 e. The third kappa shape index (κ3) is 1.84. The number of hydrogen-bond acceptors (Lipinski definition) is 2. The second-order valence-corrected chi connectivity index (χ2v) is 5.09. The van der Waals surface area contributed by atoms with E-state index in [1.54, 1.807) is 0 Å². The van der Waals surface area contributed by atoms with Gasteiger partial charge in [-0.3, -0.25) is 4.79 Å². The Hall–Kier alpha value is -1.35. The molecule has 1 aromatic rings. The van der Waals surface area contributed by atoms with E-state index in [0.29, 0.717) is 13.0 Å². The Balaban J connectivity index is 2.00. The summed E-state index contributed by atoms with van der Waals surface area (Å²) in [4.78, 5) is 13.8. The summed E-state index contributed by atoms with van der Waals surface area (Å²) in [5, 5.41) is 0. The third-order valence-electron chi connectivity index (χ3n) is 3.82. The fourth-order valence-corrected chi connectivity index (χ4v) is 2.98. The van der Waals surface area contributed by atoms with Crippen LogP contribution in [0.2, 0.25) is 0 Å². The molecule has 1 amide bonds. The predicted octanol–water partition coefficient (Wildman–Crippen LogP) is 1.63. The van der Waals surface area contributed by atoms with Crippen LogP contribution in [0, 0.1) is 0 Å². The van der Waals surface area contributed by atoms with Gasteiger partial charge in [0.1, 0.15) is 0 Å². The second-order valence-electron chi connectivity index (χ2n) is 5.09. The molecule has 1 atom stereocenters. The Morgan fingerprint density at radius 1 is 1.24 bits per heavy atom. The summed E-state index contributed by atoms with van der Waals surface area (Å²) in [5.41, 5.74) is 9.77. The largest absolute Gasteiger partial charge is 0.326 e. The van der Waals surface area contributed by atoms with Gasteiger partial charge in [-0.2, -0.15) is 0 Å². The molecule has 1 saturated heterocycles. The van der Waals surface area contributed by atoms with Gasteiger partial charge in [-0.05, 0) is 42.9 Å². The van der Waals surface area contributed by atoms with Crippen molar-refractivity contribution < 1.29 is 4.79 Å². The maximum atomic E-state index is 11.9. The molecule has 3 rings (SSSR count). The van der Waals surface area contributed by atoms with Crippen LogP contribution in [-0.4, -0.2) is 18.5 Å². The molecular weight excluding hydrogens is 212 g/mol. The van der Waals surface area contributed by atoms with E-state index >= 15 is 0 Å². The number of nitrogens with two attached hydrogens (primary N) is 1. The van der Waals surface area contributed by atoms with E-state index in [4.69, 9.17) is 5.73 Å². The number of benzene rings is 1. The van der Waals surface area contributed by atoms with Gasteiger partial charge < -0.3 is 10.6 Å². The minimum absolute atomic E-state index is 0.00180. The highest BCUT2D eigenvalue weighted by Crippen LogP contribution is 2.32. The lowest BCUT2D eigenvalue weighted by atomic mass is 9.90. The summed E-state index contributed by atoms with van der Waals surface area (Å²) in [6.45, 7) is 0.676. The van der Waals surface area contributed by atoms with E-state index in [0.717, 1.165) is 18.5 Å². The molecule has 2 aliphatic rings. The standard InChI is InChI=1S/C14H18N2O/c15-11-8-14(17)16(9-11)13-7-3-5-10-4-1-2-6-12(10)13/h3,5,7,11H,1-2,4,6,8-9,15H2. The molecular formula is C14H18N2O. The van der Waals surface area contributed by atoms with E-state index in [2.05, 4.69) is 18.2 Å². The highest BCUT2D eigenvalue weighted by molar-refractivity contribution is 5.97.